The molecule has 3 rings (SSSR count). The van der Waals surface area contributed by atoms with E-state index in [1.807, 2.05) is 36.1 Å². The van der Waals surface area contributed by atoms with Gasteiger partial charge in [0.1, 0.15) is 5.75 Å². The van der Waals surface area contributed by atoms with E-state index in [1.165, 1.54) is 0 Å². The van der Waals surface area contributed by atoms with Crippen LogP contribution >= 0.6 is 11.6 Å². The maximum atomic E-state index is 12.7. The normalized spacial score (nSPS) is 14.4. The Balaban J connectivity index is 1.38. The molecule has 0 aromatic heterocycles. The zero-order valence-corrected chi connectivity index (χ0v) is 19.6. The number of carbonyl (C=O) groups excluding carboxylic acids is 3. The number of ether oxygens (including phenoxy) is 1. The summed E-state index contributed by atoms with van der Waals surface area (Å²) in [4.78, 5) is 41.0. The van der Waals surface area contributed by atoms with Crippen LogP contribution in [-0.4, -0.2) is 55.9 Å². The summed E-state index contributed by atoms with van der Waals surface area (Å²) in [6, 6.07) is 14.2. The zero-order chi connectivity index (χ0) is 23.8. The first-order valence-corrected chi connectivity index (χ1v) is 11.2. The molecular weight excluding hydrogens is 444 g/mol. The quantitative estimate of drug-likeness (QED) is 0.605. The highest BCUT2D eigenvalue weighted by molar-refractivity contribution is 6.30. The van der Waals surface area contributed by atoms with Crippen LogP contribution in [0, 0.1) is 5.92 Å². The van der Waals surface area contributed by atoms with Gasteiger partial charge in [0, 0.05) is 55.3 Å². The van der Waals surface area contributed by atoms with Gasteiger partial charge in [0.25, 0.3) is 5.91 Å². The molecule has 3 amide bonds. The Bertz CT molecular complexity index is 975. The number of benzene rings is 2. The highest BCUT2D eigenvalue weighted by atomic mass is 35.5. The third-order valence-electron chi connectivity index (χ3n) is 5.53. The highest BCUT2D eigenvalue weighted by Crippen LogP contribution is 2.21. The minimum Gasteiger partial charge on any atom is -0.497 e. The third-order valence-corrected chi connectivity index (χ3v) is 5.77. The van der Waals surface area contributed by atoms with E-state index in [0.29, 0.717) is 29.4 Å². The fourth-order valence-corrected chi connectivity index (χ4v) is 3.88. The Labute approximate surface area is 198 Å². The number of halogens is 1. The van der Waals surface area contributed by atoms with Gasteiger partial charge in [-0.2, -0.15) is 0 Å². The van der Waals surface area contributed by atoms with Crippen LogP contribution in [0.15, 0.2) is 48.5 Å². The molecule has 9 heteroatoms. The number of methoxy groups -OCH3 is 1. The molecule has 1 atom stereocenters. The number of amides is 3. The molecule has 2 N–H and O–H groups in total. The molecule has 0 unspecified atom stereocenters. The molecule has 2 aromatic rings. The second kappa shape index (κ2) is 11.6. The van der Waals surface area contributed by atoms with Crippen molar-refractivity contribution >= 4 is 35.0 Å². The second-order valence-corrected chi connectivity index (χ2v) is 8.53. The van der Waals surface area contributed by atoms with E-state index in [-0.39, 0.29) is 30.6 Å². The van der Waals surface area contributed by atoms with E-state index in [4.69, 9.17) is 16.3 Å². The van der Waals surface area contributed by atoms with Gasteiger partial charge >= 0.3 is 0 Å². The van der Waals surface area contributed by atoms with Gasteiger partial charge in [-0.1, -0.05) is 24.6 Å². The highest BCUT2D eigenvalue weighted by Gasteiger charge is 2.23. The lowest BCUT2D eigenvalue weighted by atomic mass is 10.0. The summed E-state index contributed by atoms with van der Waals surface area (Å²) in [5, 5.41) is 0.693. The van der Waals surface area contributed by atoms with Crippen molar-refractivity contribution in [1.29, 1.82) is 0 Å². The van der Waals surface area contributed by atoms with Crippen molar-refractivity contribution in [3.8, 4) is 5.75 Å². The van der Waals surface area contributed by atoms with Crippen LogP contribution in [0.5, 0.6) is 5.75 Å². The molecule has 1 aliphatic rings. The first kappa shape index (κ1) is 24.4. The molecule has 1 aliphatic heterocycles. The van der Waals surface area contributed by atoms with Crippen molar-refractivity contribution < 1.29 is 19.1 Å². The molecule has 33 heavy (non-hydrogen) atoms. The van der Waals surface area contributed by atoms with Crippen molar-refractivity contribution in [2.75, 3.05) is 38.2 Å². The summed E-state index contributed by atoms with van der Waals surface area (Å²) in [6.45, 7) is 4.58. The number of hydrogen-bond acceptors (Lipinski definition) is 5. The number of rotatable bonds is 7. The molecule has 1 heterocycles. The van der Waals surface area contributed by atoms with Crippen LogP contribution in [0.4, 0.5) is 5.69 Å². The smallest absolute Gasteiger partial charge is 0.269 e. The Hall–Kier alpha value is -3.26. The lowest BCUT2D eigenvalue weighted by Gasteiger charge is -2.36. The van der Waals surface area contributed by atoms with Gasteiger partial charge in [-0.15, -0.1) is 0 Å². The predicted octanol–water partition coefficient (Wildman–Crippen LogP) is 2.87. The Morgan fingerprint density at radius 2 is 1.70 bits per heavy atom. The lowest BCUT2D eigenvalue weighted by molar-refractivity contribution is -0.132. The summed E-state index contributed by atoms with van der Waals surface area (Å²) in [5.74, 6) is -0.250. The first-order valence-electron chi connectivity index (χ1n) is 10.9. The van der Waals surface area contributed by atoms with E-state index in [2.05, 4.69) is 15.8 Å². The van der Waals surface area contributed by atoms with Crippen molar-refractivity contribution in [3.05, 3.63) is 59.1 Å². The molecule has 8 nitrogen and oxygen atoms in total. The summed E-state index contributed by atoms with van der Waals surface area (Å²) in [5.41, 5.74) is 6.25. The number of hydrazine groups is 1. The molecular formula is C24H29ClN4O4. The van der Waals surface area contributed by atoms with E-state index in [0.717, 1.165) is 18.8 Å². The van der Waals surface area contributed by atoms with Crippen molar-refractivity contribution in [3.63, 3.8) is 0 Å². The molecule has 176 valence electrons. The maximum absolute atomic E-state index is 12.7. The topological polar surface area (TPSA) is 91.0 Å². The Kier molecular flexibility index (Phi) is 8.54. The van der Waals surface area contributed by atoms with Gasteiger partial charge in [-0.05, 0) is 48.4 Å². The minimum absolute atomic E-state index is 0.0308. The lowest BCUT2D eigenvalue weighted by Crippen LogP contribution is -2.49. The molecule has 0 bridgehead atoms. The fourth-order valence-electron chi connectivity index (χ4n) is 3.69. The van der Waals surface area contributed by atoms with Crippen molar-refractivity contribution in [1.82, 2.24) is 15.8 Å². The van der Waals surface area contributed by atoms with Crippen LogP contribution < -0.4 is 20.5 Å². The average molecular weight is 473 g/mol. The molecule has 0 saturated carbocycles. The number of hydrogen-bond donors (Lipinski definition) is 2. The summed E-state index contributed by atoms with van der Waals surface area (Å²) >= 11 is 6.07. The Morgan fingerprint density at radius 3 is 2.33 bits per heavy atom. The standard InChI is InChI=1S/C24H29ClN4O4/c1-17(14-22(30)26-27-24(32)18-6-8-21(33-2)9-7-18)15-23(31)29-12-10-28(11-13-29)20-5-3-4-19(25)16-20/h3-9,16-17H,10-15H2,1-2H3,(H,26,30)(H,27,32)/t17-/m1/s1. The van der Waals surface area contributed by atoms with E-state index in [1.54, 1.807) is 31.4 Å². The maximum Gasteiger partial charge on any atom is 0.269 e. The van der Waals surface area contributed by atoms with Gasteiger partial charge in [-0.25, -0.2) is 0 Å². The fraction of sp³-hybridized carbons (Fsp3) is 0.375. The van der Waals surface area contributed by atoms with Crippen LogP contribution in [0.1, 0.15) is 30.1 Å². The predicted molar refractivity (Wildman–Crippen MR) is 127 cm³/mol. The van der Waals surface area contributed by atoms with Gasteiger partial charge in [0.15, 0.2) is 0 Å². The minimum atomic E-state index is -0.424. The van der Waals surface area contributed by atoms with Crippen LogP contribution in [0.3, 0.4) is 0 Å². The molecule has 0 spiro atoms. The number of nitrogens with one attached hydrogen (secondary N) is 2. The summed E-state index contributed by atoms with van der Waals surface area (Å²) < 4.78 is 5.06. The van der Waals surface area contributed by atoms with E-state index < -0.39 is 5.91 Å². The molecule has 1 saturated heterocycles. The summed E-state index contributed by atoms with van der Waals surface area (Å²) in [6.07, 6.45) is 0.411. The van der Waals surface area contributed by atoms with E-state index >= 15 is 0 Å². The van der Waals surface area contributed by atoms with Gasteiger partial charge in [0.05, 0.1) is 7.11 Å². The first-order chi connectivity index (χ1) is 15.9. The number of piperazine rings is 1. The second-order valence-electron chi connectivity index (χ2n) is 8.09. The molecule has 0 aliphatic carbocycles. The SMILES string of the molecule is COc1ccc(C(=O)NNC(=O)C[C@@H](C)CC(=O)N2CCN(c3cccc(Cl)c3)CC2)cc1. The zero-order valence-electron chi connectivity index (χ0n) is 18.8. The number of anilines is 1. The number of carbonyl (C=O) groups is 3. The van der Waals surface area contributed by atoms with Crippen molar-refractivity contribution in [2.24, 2.45) is 5.92 Å². The summed E-state index contributed by atoms with van der Waals surface area (Å²) in [7, 11) is 1.54. The van der Waals surface area contributed by atoms with E-state index in [9.17, 15) is 14.4 Å². The largest absolute Gasteiger partial charge is 0.497 e. The molecule has 2 aromatic carbocycles. The van der Waals surface area contributed by atoms with Gasteiger partial charge < -0.3 is 14.5 Å². The van der Waals surface area contributed by atoms with Crippen LogP contribution in [0.2, 0.25) is 5.02 Å². The monoisotopic (exact) mass is 472 g/mol. The van der Waals surface area contributed by atoms with Crippen LogP contribution in [0.25, 0.3) is 0 Å². The van der Waals surface area contributed by atoms with Gasteiger partial charge in [-0.3, -0.25) is 25.2 Å². The molecule has 1 fully saturated rings. The van der Waals surface area contributed by atoms with Crippen molar-refractivity contribution in [2.45, 2.75) is 19.8 Å². The van der Waals surface area contributed by atoms with Crippen LogP contribution in [-0.2, 0) is 9.59 Å². The van der Waals surface area contributed by atoms with Gasteiger partial charge in [0.2, 0.25) is 11.8 Å². The Morgan fingerprint density at radius 1 is 1.00 bits per heavy atom. The molecule has 0 radical (unpaired) electrons. The third kappa shape index (κ3) is 7.12. The average Bonchev–Trinajstić information content (AvgIpc) is 2.82. The number of nitrogens with zero attached hydrogens (tertiary/aromatic N) is 2.